The zero-order valence-electron chi connectivity index (χ0n) is 14.9. The van der Waals surface area contributed by atoms with Gasteiger partial charge in [0.1, 0.15) is 11.6 Å². The molecule has 0 radical (unpaired) electrons. The summed E-state index contributed by atoms with van der Waals surface area (Å²) in [6, 6.07) is 9.35. The molecule has 0 aliphatic rings. The number of aromatic nitrogens is 1. The summed E-state index contributed by atoms with van der Waals surface area (Å²) in [5, 5.41) is 15.1. The Morgan fingerprint density at radius 1 is 1.24 bits per heavy atom. The molecule has 0 fully saturated rings. The Morgan fingerprint density at radius 2 is 1.96 bits per heavy atom. The van der Waals surface area contributed by atoms with Crippen molar-refractivity contribution >= 4 is 17.4 Å². The van der Waals surface area contributed by atoms with Gasteiger partial charge >= 0.3 is 0 Å². The van der Waals surface area contributed by atoms with Crippen molar-refractivity contribution in [2.45, 2.75) is 33.2 Å². The van der Waals surface area contributed by atoms with Crippen LogP contribution in [0.15, 0.2) is 36.5 Å². The fraction of sp³-hybridized carbons (Fsp3) is 0.368. The summed E-state index contributed by atoms with van der Waals surface area (Å²) >= 11 is 0. The summed E-state index contributed by atoms with van der Waals surface area (Å²) in [6.45, 7) is 5.87. The molecule has 0 aliphatic carbocycles. The molecule has 0 bridgehead atoms. The Bertz CT molecular complexity index is 677. The van der Waals surface area contributed by atoms with Gasteiger partial charge in [-0.1, -0.05) is 25.1 Å². The van der Waals surface area contributed by atoms with Crippen LogP contribution in [0, 0.1) is 13.8 Å². The molecule has 2 aromatic rings. The molecule has 1 aromatic carbocycles. The number of anilines is 2. The van der Waals surface area contributed by atoms with E-state index < -0.39 is 0 Å². The van der Waals surface area contributed by atoms with Gasteiger partial charge in [0, 0.05) is 0 Å². The third kappa shape index (κ3) is 5.46. The molecule has 1 atom stereocenters. The average Bonchev–Trinajstić information content (AvgIpc) is 2.60. The summed E-state index contributed by atoms with van der Waals surface area (Å²) in [6.07, 6.45) is 2.37. The van der Waals surface area contributed by atoms with Crippen molar-refractivity contribution in [3.63, 3.8) is 0 Å². The Balaban J connectivity index is 1.88. The highest BCUT2D eigenvalue weighted by molar-refractivity contribution is 5.91. The normalized spacial score (nSPS) is 11.7. The number of benzene rings is 1. The lowest BCUT2D eigenvalue weighted by Crippen LogP contribution is -2.23. The van der Waals surface area contributed by atoms with Crippen LogP contribution in [0.1, 0.15) is 24.5 Å². The molecule has 6 heteroatoms. The Hall–Kier alpha value is -2.60. The molecular weight excluding hydrogens is 318 g/mol. The number of aliphatic hydroxyl groups excluding tert-OH is 1. The molecule has 0 spiro atoms. The van der Waals surface area contributed by atoms with E-state index in [2.05, 4.69) is 15.6 Å². The molecule has 6 nitrogen and oxygen atoms in total. The Morgan fingerprint density at radius 3 is 2.52 bits per heavy atom. The number of rotatable bonds is 8. The summed E-state index contributed by atoms with van der Waals surface area (Å²) in [4.78, 5) is 16.3. The Labute approximate surface area is 148 Å². The molecule has 1 heterocycles. The second-order valence-electron chi connectivity index (χ2n) is 5.92. The van der Waals surface area contributed by atoms with E-state index in [0.717, 1.165) is 23.3 Å². The van der Waals surface area contributed by atoms with E-state index >= 15 is 0 Å². The van der Waals surface area contributed by atoms with Crippen LogP contribution in [-0.4, -0.2) is 35.3 Å². The van der Waals surface area contributed by atoms with Gasteiger partial charge in [0.2, 0.25) is 0 Å². The molecular formula is C19H25N3O3. The van der Waals surface area contributed by atoms with Crippen molar-refractivity contribution in [1.82, 2.24) is 4.98 Å². The minimum atomic E-state index is -0.244. The summed E-state index contributed by atoms with van der Waals surface area (Å²) in [5.74, 6) is 1.16. The second-order valence-corrected chi connectivity index (χ2v) is 5.92. The minimum absolute atomic E-state index is 0.0290. The van der Waals surface area contributed by atoms with Crippen LogP contribution in [0.2, 0.25) is 0 Å². The number of carbonyl (C=O) groups is 1. The average molecular weight is 343 g/mol. The Kier molecular flexibility index (Phi) is 6.77. The fourth-order valence-electron chi connectivity index (χ4n) is 2.40. The van der Waals surface area contributed by atoms with Crippen LogP contribution in [0.5, 0.6) is 5.75 Å². The predicted molar refractivity (Wildman–Crippen MR) is 99.1 cm³/mol. The van der Waals surface area contributed by atoms with Gasteiger partial charge in [-0.15, -0.1) is 0 Å². The van der Waals surface area contributed by atoms with Gasteiger partial charge in [-0.05, 0) is 43.5 Å². The molecule has 3 N–H and O–H groups in total. The van der Waals surface area contributed by atoms with Gasteiger partial charge in [-0.25, -0.2) is 4.98 Å². The smallest absolute Gasteiger partial charge is 0.262 e. The van der Waals surface area contributed by atoms with E-state index in [-0.39, 0.29) is 25.2 Å². The zero-order chi connectivity index (χ0) is 18.2. The maximum atomic E-state index is 12.1. The number of para-hydroxylation sites is 1. The molecule has 1 unspecified atom stereocenters. The van der Waals surface area contributed by atoms with Crippen molar-refractivity contribution < 1.29 is 14.6 Å². The van der Waals surface area contributed by atoms with Crippen LogP contribution in [-0.2, 0) is 4.79 Å². The molecule has 0 saturated carbocycles. The monoisotopic (exact) mass is 343 g/mol. The standard InChI is InChI=1S/C19H25N3O3/c1-4-15(11-23)21-17-9-8-16(10-20-17)22-18(24)12-25-19-13(2)6-5-7-14(19)3/h5-10,15,23H,4,11-12H2,1-3H3,(H,20,21)(H,22,24). The number of hydrogen-bond donors (Lipinski definition) is 3. The first-order valence-electron chi connectivity index (χ1n) is 8.35. The van der Waals surface area contributed by atoms with E-state index in [1.807, 2.05) is 39.0 Å². The first-order valence-corrected chi connectivity index (χ1v) is 8.35. The third-order valence-electron chi connectivity index (χ3n) is 3.87. The van der Waals surface area contributed by atoms with Gasteiger partial charge in [-0.3, -0.25) is 4.79 Å². The lowest BCUT2D eigenvalue weighted by atomic mass is 10.1. The highest BCUT2D eigenvalue weighted by Gasteiger charge is 2.09. The van der Waals surface area contributed by atoms with Crippen LogP contribution < -0.4 is 15.4 Å². The lowest BCUT2D eigenvalue weighted by molar-refractivity contribution is -0.118. The number of aryl methyl sites for hydroxylation is 2. The first-order chi connectivity index (χ1) is 12.0. The van der Waals surface area contributed by atoms with E-state index in [0.29, 0.717) is 11.5 Å². The fourth-order valence-corrected chi connectivity index (χ4v) is 2.40. The van der Waals surface area contributed by atoms with Crippen LogP contribution in [0.25, 0.3) is 0 Å². The first kappa shape index (κ1) is 18.7. The summed E-state index contributed by atoms with van der Waals surface area (Å²) in [5.41, 5.74) is 2.59. The number of carbonyl (C=O) groups excluding carboxylic acids is 1. The quantitative estimate of drug-likeness (QED) is 0.686. The van der Waals surface area contributed by atoms with Crippen molar-refractivity contribution in [2.75, 3.05) is 23.8 Å². The van der Waals surface area contributed by atoms with E-state index in [9.17, 15) is 9.90 Å². The van der Waals surface area contributed by atoms with Crippen LogP contribution >= 0.6 is 0 Å². The summed E-state index contributed by atoms with van der Waals surface area (Å²) in [7, 11) is 0. The zero-order valence-corrected chi connectivity index (χ0v) is 14.9. The largest absolute Gasteiger partial charge is 0.483 e. The van der Waals surface area contributed by atoms with Crippen molar-refractivity contribution in [3.8, 4) is 5.75 Å². The number of hydrogen-bond acceptors (Lipinski definition) is 5. The number of amides is 1. The van der Waals surface area contributed by atoms with Gasteiger partial charge in [0.15, 0.2) is 6.61 Å². The highest BCUT2D eigenvalue weighted by Crippen LogP contribution is 2.22. The SMILES string of the molecule is CCC(CO)Nc1ccc(NC(=O)COc2c(C)cccc2C)cn1. The minimum Gasteiger partial charge on any atom is -0.483 e. The lowest BCUT2D eigenvalue weighted by Gasteiger charge is -2.15. The molecule has 134 valence electrons. The molecule has 25 heavy (non-hydrogen) atoms. The van der Waals surface area contributed by atoms with Gasteiger partial charge in [0.05, 0.1) is 24.5 Å². The molecule has 1 aromatic heterocycles. The van der Waals surface area contributed by atoms with E-state index in [1.165, 1.54) is 0 Å². The number of pyridine rings is 1. The third-order valence-corrected chi connectivity index (χ3v) is 3.87. The number of aliphatic hydroxyl groups is 1. The second kappa shape index (κ2) is 9.03. The van der Waals surface area contributed by atoms with Gasteiger partial charge < -0.3 is 20.5 Å². The topological polar surface area (TPSA) is 83.5 Å². The molecule has 0 saturated heterocycles. The van der Waals surface area contributed by atoms with Crippen LogP contribution in [0.3, 0.4) is 0 Å². The number of nitrogens with one attached hydrogen (secondary N) is 2. The highest BCUT2D eigenvalue weighted by atomic mass is 16.5. The van der Waals surface area contributed by atoms with E-state index in [1.54, 1.807) is 18.3 Å². The molecule has 2 rings (SSSR count). The molecule has 1 amide bonds. The predicted octanol–water partition coefficient (Wildman–Crippen LogP) is 2.90. The van der Waals surface area contributed by atoms with Crippen molar-refractivity contribution in [3.05, 3.63) is 47.7 Å². The van der Waals surface area contributed by atoms with Crippen molar-refractivity contribution in [1.29, 1.82) is 0 Å². The van der Waals surface area contributed by atoms with E-state index in [4.69, 9.17) is 4.74 Å². The van der Waals surface area contributed by atoms with Crippen LogP contribution in [0.4, 0.5) is 11.5 Å². The summed E-state index contributed by atoms with van der Waals surface area (Å²) < 4.78 is 5.63. The van der Waals surface area contributed by atoms with Gasteiger partial charge in [0.25, 0.3) is 5.91 Å². The van der Waals surface area contributed by atoms with Gasteiger partial charge in [-0.2, -0.15) is 0 Å². The maximum absolute atomic E-state index is 12.1. The number of nitrogens with zero attached hydrogens (tertiary/aromatic N) is 1. The maximum Gasteiger partial charge on any atom is 0.262 e. The molecule has 0 aliphatic heterocycles. The van der Waals surface area contributed by atoms with Crippen molar-refractivity contribution in [2.24, 2.45) is 0 Å². The number of ether oxygens (including phenoxy) is 1.